The first-order valence-electron chi connectivity index (χ1n) is 8.60. The van der Waals surface area contributed by atoms with Gasteiger partial charge in [0.15, 0.2) is 5.60 Å². The molecule has 2 N–H and O–H groups in total. The van der Waals surface area contributed by atoms with Crippen LogP contribution in [0.15, 0.2) is 35.1 Å². The minimum absolute atomic E-state index is 0.120. The number of cyclic esters (lactones) is 1. The number of nitrogens with one attached hydrogen (secondary N) is 1. The van der Waals surface area contributed by atoms with E-state index in [2.05, 4.69) is 11.1 Å². The maximum absolute atomic E-state index is 12.6. The van der Waals surface area contributed by atoms with Crippen LogP contribution in [0.25, 0.3) is 22.3 Å². The maximum atomic E-state index is 12.6. The molecule has 0 saturated carbocycles. The quantitative estimate of drug-likeness (QED) is 0.514. The van der Waals surface area contributed by atoms with E-state index in [-0.39, 0.29) is 18.6 Å². The predicted molar refractivity (Wildman–Crippen MR) is 94.6 cm³/mol. The highest BCUT2D eigenvalue weighted by molar-refractivity contribution is 5.88. The fourth-order valence-corrected chi connectivity index (χ4v) is 4.08. The number of ether oxygens (including phenoxy) is 1. The van der Waals surface area contributed by atoms with Crippen LogP contribution in [-0.4, -0.2) is 21.0 Å². The molecule has 0 fully saturated rings. The maximum Gasteiger partial charge on any atom is 0.343 e. The Bertz CT molecular complexity index is 1160. The van der Waals surface area contributed by atoms with E-state index in [0.717, 1.165) is 22.0 Å². The van der Waals surface area contributed by atoms with Gasteiger partial charge in [-0.1, -0.05) is 25.1 Å². The zero-order chi connectivity index (χ0) is 18.1. The number of benzene rings is 1. The van der Waals surface area contributed by atoms with Gasteiger partial charge in [0.2, 0.25) is 0 Å². The van der Waals surface area contributed by atoms with Crippen LogP contribution < -0.4 is 5.56 Å². The summed E-state index contributed by atoms with van der Waals surface area (Å²) in [7, 11) is 0. The molecule has 0 saturated heterocycles. The Labute approximate surface area is 148 Å². The Kier molecular flexibility index (Phi) is 2.95. The number of fused-ring (bicyclic) bond motifs is 6. The van der Waals surface area contributed by atoms with Gasteiger partial charge in [0.25, 0.3) is 5.56 Å². The smallest absolute Gasteiger partial charge is 0.343 e. The van der Waals surface area contributed by atoms with Gasteiger partial charge in [-0.15, -0.1) is 0 Å². The molecule has 6 heteroatoms. The van der Waals surface area contributed by atoms with Crippen molar-refractivity contribution in [3.8, 4) is 11.4 Å². The summed E-state index contributed by atoms with van der Waals surface area (Å²) < 4.78 is 5.07. The lowest BCUT2D eigenvalue weighted by Gasteiger charge is -2.32. The first kappa shape index (κ1) is 15.3. The molecule has 1 aliphatic carbocycles. The van der Waals surface area contributed by atoms with Crippen LogP contribution in [0.1, 0.15) is 35.6 Å². The molecule has 0 amide bonds. The normalized spacial score (nSPS) is 20.5. The number of hydrogen-bond donors (Lipinski definition) is 2. The molecule has 0 spiro atoms. The largest absolute Gasteiger partial charge is 0.458 e. The molecule has 0 radical (unpaired) electrons. The highest BCUT2D eigenvalue weighted by Gasteiger charge is 2.47. The molecule has 1 aromatic carbocycles. The standard InChI is InChI=1S/C20H16N2O4/c1-2-20(25)15-12-8-11-7-10-5-3-4-6-14(10)21-16(11)17(12)22-18(23)13(15)9-26-19(20)24/h3-7,25H,2,8-9H2,1H3,(H,22,23). The second-order valence-electron chi connectivity index (χ2n) is 6.82. The summed E-state index contributed by atoms with van der Waals surface area (Å²) in [6.07, 6.45) is 0.650. The summed E-state index contributed by atoms with van der Waals surface area (Å²) in [6, 6.07) is 9.83. The molecule has 2 aromatic heterocycles. The lowest BCUT2D eigenvalue weighted by Crippen LogP contribution is -2.44. The number of esters is 1. The van der Waals surface area contributed by atoms with Crippen LogP contribution >= 0.6 is 0 Å². The molecule has 1 atom stereocenters. The van der Waals surface area contributed by atoms with E-state index in [1.807, 2.05) is 24.3 Å². The Morgan fingerprint density at radius 3 is 2.88 bits per heavy atom. The first-order chi connectivity index (χ1) is 12.5. The molecule has 0 bridgehead atoms. The summed E-state index contributed by atoms with van der Waals surface area (Å²) in [5, 5.41) is 12.0. The molecule has 2 aliphatic rings. The molecule has 5 rings (SSSR count). The Morgan fingerprint density at radius 1 is 1.27 bits per heavy atom. The molecule has 3 aromatic rings. The molecule has 1 aliphatic heterocycles. The zero-order valence-corrected chi connectivity index (χ0v) is 14.1. The summed E-state index contributed by atoms with van der Waals surface area (Å²) in [4.78, 5) is 32.5. The van der Waals surface area contributed by atoms with Crippen molar-refractivity contribution in [2.75, 3.05) is 0 Å². The average Bonchev–Trinajstić information content (AvgIpc) is 2.99. The van der Waals surface area contributed by atoms with Gasteiger partial charge in [0.1, 0.15) is 6.61 Å². The van der Waals surface area contributed by atoms with Crippen molar-refractivity contribution >= 4 is 16.9 Å². The van der Waals surface area contributed by atoms with Gasteiger partial charge in [0.05, 0.1) is 22.5 Å². The third-order valence-corrected chi connectivity index (χ3v) is 5.44. The fourth-order valence-electron chi connectivity index (χ4n) is 4.08. The van der Waals surface area contributed by atoms with Crippen molar-refractivity contribution in [1.29, 1.82) is 0 Å². The van der Waals surface area contributed by atoms with Gasteiger partial charge in [-0.25, -0.2) is 9.78 Å². The number of H-pyrrole nitrogens is 1. The third kappa shape index (κ3) is 1.82. The van der Waals surface area contributed by atoms with E-state index < -0.39 is 11.6 Å². The second kappa shape index (κ2) is 5.02. The predicted octanol–water partition coefficient (Wildman–Crippen LogP) is 2.15. The lowest BCUT2D eigenvalue weighted by molar-refractivity contribution is -0.172. The molecular weight excluding hydrogens is 332 g/mol. The summed E-state index contributed by atoms with van der Waals surface area (Å²) >= 11 is 0. The van der Waals surface area contributed by atoms with Crippen LogP contribution in [0.5, 0.6) is 0 Å². The molecule has 6 nitrogen and oxygen atoms in total. The van der Waals surface area contributed by atoms with E-state index in [4.69, 9.17) is 9.72 Å². The number of carbonyl (C=O) groups excluding carboxylic acids is 1. The summed E-state index contributed by atoms with van der Waals surface area (Å²) in [5.74, 6) is -0.700. The Hall–Kier alpha value is -2.99. The van der Waals surface area contributed by atoms with Crippen molar-refractivity contribution in [3.05, 3.63) is 62.9 Å². The van der Waals surface area contributed by atoms with Crippen molar-refractivity contribution in [2.45, 2.75) is 32.0 Å². The second-order valence-corrected chi connectivity index (χ2v) is 6.82. The zero-order valence-electron chi connectivity index (χ0n) is 14.1. The highest BCUT2D eigenvalue weighted by Crippen LogP contribution is 2.43. The molecule has 1 unspecified atom stereocenters. The van der Waals surface area contributed by atoms with Crippen molar-refractivity contribution in [1.82, 2.24) is 9.97 Å². The van der Waals surface area contributed by atoms with Gasteiger partial charge >= 0.3 is 5.97 Å². The molecule has 26 heavy (non-hydrogen) atoms. The highest BCUT2D eigenvalue weighted by atomic mass is 16.6. The third-order valence-electron chi connectivity index (χ3n) is 5.44. The summed E-state index contributed by atoms with van der Waals surface area (Å²) in [5.41, 5.74) is 2.45. The van der Waals surface area contributed by atoms with Gasteiger partial charge in [-0.2, -0.15) is 0 Å². The number of aromatic amines is 1. The number of aliphatic hydroxyl groups is 1. The topological polar surface area (TPSA) is 92.3 Å². The van der Waals surface area contributed by atoms with Crippen LogP contribution in [0, 0.1) is 0 Å². The number of rotatable bonds is 1. The van der Waals surface area contributed by atoms with Gasteiger partial charge in [-0.05, 0) is 29.7 Å². The monoisotopic (exact) mass is 348 g/mol. The van der Waals surface area contributed by atoms with E-state index >= 15 is 0 Å². The van der Waals surface area contributed by atoms with Crippen LogP contribution in [0.4, 0.5) is 0 Å². The van der Waals surface area contributed by atoms with E-state index in [9.17, 15) is 14.7 Å². The SMILES string of the molecule is CCC1(O)C(=O)OCc2c1c1c([nH]c2=O)-c2nc3ccccc3cc2C1. The number of aromatic nitrogens is 2. The van der Waals surface area contributed by atoms with Gasteiger partial charge in [-0.3, -0.25) is 4.79 Å². The minimum atomic E-state index is -1.80. The number of carbonyl (C=O) groups is 1. The van der Waals surface area contributed by atoms with E-state index in [0.29, 0.717) is 28.9 Å². The van der Waals surface area contributed by atoms with Crippen molar-refractivity contribution in [3.63, 3.8) is 0 Å². The minimum Gasteiger partial charge on any atom is -0.458 e. The van der Waals surface area contributed by atoms with E-state index in [1.165, 1.54) is 0 Å². The average molecular weight is 348 g/mol. The van der Waals surface area contributed by atoms with Gasteiger partial charge in [0, 0.05) is 17.4 Å². The number of pyridine rings is 2. The lowest BCUT2D eigenvalue weighted by atomic mass is 9.82. The molecule has 130 valence electrons. The van der Waals surface area contributed by atoms with Crippen LogP contribution in [-0.2, 0) is 28.2 Å². The Balaban J connectivity index is 1.84. The summed E-state index contributed by atoms with van der Waals surface area (Å²) in [6.45, 7) is 1.59. The number of para-hydroxylation sites is 1. The van der Waals surface area contributed by atoms with Crippen LogP contribution in [0.3, 0.4) is 0 Å². The van der Waals surface area contributed by atoms with Gasteiger partial charge < -0.3 is 14.8 Å². The first-order valence-corrected chi connectivity index (χ1v) is 8.60. The number of hydrogen-bond acceptors (Lipinski definition) is 5. The number of nitrogens with zero attached hydrogens (tertiary/aromatic N) is 1. The molecule has 3 heterocycles. The van der Waals surface area contributed by atoms with Crippen LogP contribution in [0.2, 0.25) is 0 Å². The van der Waals surface area contributed by atoms with Crippen molar-refractivity contribution < 1.29 is 14.6 Å². The Morgan fingerprint density at radius 2 is 2.08 bits per heavy atom. The van der Waals surface area contributed by atoms with E-state index in [1.54, 1.807) is 6.92 Å². The fraction of sp³-hybridized carbons (Fsp3) is 0.250. The molecular formula is C20H16N2O4. The van der Waals surface area contributed by atoms with Crippen molar-refractivity contribution in [2.24, 2.45) is 0 Å².